The predicted octanol–water partition coefficient (Wildman–Crippen LogP) is -5.63. The van der Waals surface area contributed by atoms with Gasteiger partial charge in [0, 0.05) is 56.5 Å². The maximum absolute atomic E-state index is 14.8. The lowest BCUT2D eigenvalue weighted by Gasteiger charge is -2.29. The van der Waals surface area contributed by atoms with E-state index in [9.17, 15) is 78.0 Å². The van der Waals surface area contributed by atoms with Crippen molar-refractivity contribution in [2.24, 2.45) is 34.6 Å². The van der Waals surface area contributed by atoms with Crippen LogP contribution in [0.2, 0.25) is 0 Å². The first-order chi connectivity index (χ1) is 51.1. The largest absolute Gasteiger partial charge is 0.508 e. The molecule has 0 aliphatic rings. The Balaban J connectivity index is 1.60. The van der Waals surface area contributed by atoms with Crippen molar-refractivity contribution in [1.82, 2.24) is 79.1 Å². The number of hydrogen-bond donors (Lipinski definition) is 27. The van der Waals surface area contributed by atoms with E-state index in [1.807, 2.05) is 0 Å². The van der Waals surface area contributed by atoms with E-state index in [1.165, 1.54) is 48.9 Å². The van der Waals surface area contributed by atoms with Crippen LogP contribution in [0.15, 0.2) is 91.4 Å². The van der Waals surface area contributed by atoms with Crippen LogP contribution < -0.4 is 97.8 Å². The number of hydrogen-bond acceptors (Lipinski definition) is 21. The molecule has 0 unspecified atom stereocenters. The summed E-state index contributed by atoms with van der Waals surface area (Å²) in [5.41, 5.74) is 30.2. The number of aliphatic carboxylic acids is 1. The number of primary amides is 1. The molecule has 0 bridgehead atoms. The molecule has 0 saturated heterocycles. The average molecular weight is 1530 g/mol. The number of H-pyrrole nitrogens is 1. The van der Waals surface area contributed by atoms with Gasteiger partial charge in [0.05, 0.1) is 24.9 Å². The molecular weight excluding hydrogens is 1430 g/mol. The van der Waals surface area contributed by atoms with Crippen LogP contribution in [0.3, 0.4) is 0 Å². The quantitative estimate of drug-likeness (QED) is 0.00848. The molecule has 0 spiro atoms. The number of aromatic hydroxyl groups is 2. The van der Waals surface area contributed by atoms with Crippen LogP contribution in [-0.4, -0.2) is 217 Å². The van der Waals surface area contributed by atoms with E-state index in [2.05, 4.69) is 91.7 Å². The average Bonchev–Trinajstić information content (AvgIpc) is 1.22. The molecule has 108 heavy (non-hydrogen) atoms. The number of nitrogens with two attached hydrogens (primary N) is 5. The van der Waals surface area contributed by atoms with Crippen LogP contribution in [0.1, 0.15) is 94.5 Å². The highest BCUT2D eigenvalue weighted by Gasteiger charge is 2.38. The Morgan fingerprint density at radius 2 is 0.833 bits per heavy atom. The van der Waals surface area contributed by atoms with Gasteiger partial charge in [-0.1, -0.05) is 68.4 Å². The molecule has 1 aromatic heterocycles. The molecule has 3 aromatic carbocycles. The molecule has 1 heterocycles. The first kappa shape index (κ1) is 88.6. The molecule has 0 saturated carbocycles. The molecule has 0 radical (unpaired) electrons. The SMILES string of the molecule is CC(C)C[C@H](NC(=O)[C@H](CCCNC(=N)N)NC(=O)[C@H](CCCNC(=N)N)NC(=O)[C@H](Cc1ccccc1)NC(=O)[C@@H](N)Cc1ccc(O)cc1)C(=O)N[C@@H](Cc1cnc[nH]1)C(=O)N[C@@H](CS)C(=O)N[C@H](C(=O)N[C@@H](CCCNC(=N)N)C(=O)N[C@@H](CC(N)=O)C(=O)N[C@@H](Cc1ccc(O)cc1)C(=O)O)[C@@H](C)O. The molecule has 39 nitrogen and oxygen atoms in total. The Kier molecular flexibility index (Phi) is 37.3. The maximum Gasteiger partial charge on any atom is 0.326 e. The Hall–Kier alpha value is -11.8. The van der Waals surface area contributed by atoms with E-state index in [4.69, 9.17) is 44.9 Å². The van der Waals surface area contributed by atoms with Crippen molar-refractivity contribution in [2.75, 3.05) is 25.4 Å². The second kappa shape index (κ2) is 45.5. The van der Waals surface area contributed by atoms with Crippen LogP contribution in [-0.2, 0) is 83.2 Å². The van der Waals surface area contributed by atoms with Crippen LogP contribution in [0.25, 0.3) is 0 Å². The standard InChI is InChI=1S/C68H101N23O16S/c1-35(2)26-47(86-57(98)45(13-8-24-79-67(73)74)82-56(97)44(12-7-23-78-66(71)72)83-60(101)48(28-37-10-5-4-6-11-37)85-55(96)43(69)27-38-15-19-41(93)20-16-38)59(100)87-49(30-40-32-77-34-81-40)61(102)90-52(33-108)63(104)91-54(36(3)92)64(105)84-46(14-9-25-80-68(75)76)58(99)88-50(31-53(70)95)62(103)89-51(65(106)107)29-39-17-21-42(94)22-18-39/h4-6,10-11,15-22,32,34-36,43-52,54,92-94,108H,7-9,12-14,23-31,33,69H2,1-3H3,(H2,70,95)(H,77,81)(H,82,97)(H,83,101)(H,84,105)(H,85,96)(H,86,98)(H,87,100)(H,88,99)(H,89,103)(H,90,102)(H,91,104)(H,106,107)(H4,71,72,78)(H4,73,74,79)(H4,75,76,80)/t36-,43+,44+,45+,46+,47+,48+,49+,50+,51+,52+,54+/m1/s1. The van der Waals surface area contributed by atoms with Gasteiger partial charge >= 0.3 is 5.97 Å². The second-order valence-electron chi connectivity index (χ2n) is 25.9. The Morgan fingerprint density at radius 3 is 1.27 bits per heavy atom. The Labute approximate surface area is 627 Å². The summed E-state index contributed by atoms with van der Waals surface area (Å²) in [6, 6.07) is 2.83. The van der Waals surface area contributed by atoms with Crippen LogP contribution in [0.5, 0.6) is 11.5 Å². The highest BCUT2D eigenvalue weighted by atomic mass is 32.1. The number of phenols is 2. The molecule has 40 heteroatoms. The number of aromatic amines is 1. The van der Waals surface area contributed by atoms with Crippen molar-refractivity contribution in [3.05, 3.63) is 114 Å². The highest BCUT2D eigenvalue weighted by molar-refractivity contribution is 7.80. The number of aliphatic hydroxyl groups excluding tert-OH is 1. The molecule has 12 atom stereocenters. The topological polar surface area (TPSA) is 672 Å². The summed E-state index contributed by atoms with van der Waals surface area (Å²) in [4.78, 5) is 174. The normalized spacial score (nSPS) is 14.3. The van der Waals surface area contributed by atoms with Crippen molar-refractivity contribution in [3.8, 4) is 11.5 Å². The predicted molar refractivity (Wildman–Crippen MR) is 397 cm³/mol. The van der Waals surface area contributed by atoms with Crippen molar-refractivity contribution >= 4 is 101 Å². The van der Waals surface area contributed by atoms with Crippen LogP contribution in [0.4, 0.5) is 0 Å². The first-order valence-electron chi connectivity index (χ1n) is 34.5. The van der Waals surface area contributed by atoms with Crippen molar-refractivity contribution in [2.45, 2.75) is 170 Å². The number of imidazole rings is 1. The third kappa shape index (κ3) is 32.7. The third-order valence-corrected chi connectivity index (χ3v) is 16.7. The molecule has 31 N–H and O–H groups in total. The lowest BCUT2D eigenvalue weighted by atomic mass is 10.0. The van der Waals surface area contributed by atoms with E-state index >= 15 is 0 Å². The number of amides is 11. The van der Waals surface area contributed by atoms with Gasteiger partial charge in [0.2, 0.25) is 65.0 Å². The molecule has 4 rings (SSSR count). The van der Waals surface area contributed by atoms with Gasteiger partial charge in [0.1, 0.15) is 71.9 Å². The van der Waals surface area contributed by atoms with Crippen LogP contribution in [0, 0.1) is 22.1 Å². The van der Waals surface area contributed by atoms with Gasteiger partial charge in [0.25, 0.3) is 0 Å². The zero-order chi connectivity index (χ0) is 80.2. The molecule has 0 aliphatic heterocycles. The number of guanidine groups is 3. The van der Waals surface area contributed by atoms with Crippen LogP contribution >= 0.6 is 12.6 Å². The number of carboxylic acids is 1. The van der Waals surface area contributed by atoms with E-state index in [-0.39, 0.29) is 119 Å². The second-order valence-corrected chi connectivity index (χ2v) is 26.2. The van der Waals surface area contributed by atoms with Crippen molar-refractivity contribution < 1.29 is 78.0 Å². The molecule has 0 aliphatic carbocycles. The zero-order valence-corrected chi connectivity index (χ0v) is 60.8. The number of aromatic nitrogens is 2. The third-order valence-electron chi connectivity index (χ3n) is 16.4. The number of carbonyl (C=O) groups is 12. The highest BCUT2D eigenvalue weighted by Crippen LogP contribution is 2.16. The molecular formula is C68H101N23O16S. The number of benzene rings is 3. The number of phenolic OH excluding ortho intramolecular Hbond substituents is 2. The minimum Gasteiger partial charge on any atom is -0.508 e. The van der Waals surface area contributed by atoms with Crippen molar-refractivity contribution in [3.63, 3.8) is 0 Å². The number of nitrogens with zero attached hydrogens (tertiary/aromatic N) is 1. The number of nitrogens with one attached hydrogen (secondary N) is 17. The van der Waals surface area contributed by atoms with E-state index < -0.39 is 168 Å². The summed E-state index contributed by atoms with van der Waals surface area (Å²) in [5.74, 6) is -14.8. The zero-order valence-electron chi connectivity index (χ0n) is 59.9. The van der Waals surface area contributed by atoms with E-state index in [0.717, 1.165) is 6.92 Å². The Morgan fingerprint density at radius 1 is 0.463 bits per heavy atom. The number of thiol groups is 1. The van der Waals surface area contributed by atoms with Gasteiger partial charge in [-0.3, -0.25) is 69.0 Å². The van der Waals surface area contributed by atoms with Gasteiger partial charge in [-0.25, -0.2) is 9.78 Å². The van der Waals surface area contributed by atoms with E-state index in [0.29, 0.717) is 16.7 Å². The van der Waals surface area contributed by atoms with Gasteiger partial charge in [-0.2, -0.15) is 12.6 Å². The fourth-order valence-electron chi connectivity index (χ4n) is 10.7. The summed E-state index contributed by atoms with van der Waals surface area (Å²) in [7, 11) is 0. The number of rotatable bonds is 47. The minimum atomic E-state index is -1.92. The van der Waals surface area contributed by atoms with E-state index in [1.54, 1.807) is 56.3 Å². The summed E-state index contributed by atoms with van der Waals surface area (Å²) in [5, 5.41) is 96.3. The maximum atomic E-state index is 14.8. The summed E-state index contributed by atoms with van der Waals surface area (Å²) in [6.45, 7) is 4.59. The van der Waals surface area contributed by atoms with Gasteiger partial charge in [-0.15, -0.1) is 0 Å². The molecule has 4 aromatic rings. The Bertz CT molecular complexity index is 3690. The fourth-order valence-corrected chi connectivity index (χ4v) is 11.0. The first-order valence-corrected chi connectivity index (χ1v) is 35.2. The number of aliphatic hydroxyl groups is 1. The smallest absolute Gasteiger partial charge is 0.326 e. The molecule has 11 amide bonds. The molecule has 0 fully saturated rings. The monoisotopic (exact) mass is 1530 g/mol. The number of carbonyl (C=O) groups excluding carboxylic acids is 11. The number of carboxylic acid groups (broad SMARTS) is 1. The van der Waals surface area contributed by atoms with Gasteiger partial charge < -0.3 is 123 Å². The fraction of sp³-hybridized carbons (Fsp3) is 0.471. The summed E-state index contributed by atoms with van der Waals surface area (Å²) in [6.07, 6.45) is -1.18. The lowest BCUT2D eigenvalue weighted by molar-refractivity contribution is -0.142. The van der Waals surface area contributed by atoms with Crippen molar-refractivity contribution in [1.29, 1.82) is 16.2 Å². The summed E-state index contributed by atoms with van der Waals surface area (Å²) < 4.78 is 0. The van der Waals surface area contributed by atoms with Gasteiger partial charge in [-0.05, 0) is 105 Å². The van der Waals surface area contributed by atoms with Gasteiger partial charge in [0.15, 0.2) is 17.9 Å². The summed E-state index contributed by atoms with van der Waals surface area (Å²) >= 11 is 4.28. The molecule has 590 valence electrons. The lowest BCUT2D eigenvalue weighted by Crippen LogP contribution is -2.62. The minimum absolute atomic E-state index is 0.00431.